The van der Waals surface area contributed by atoms with Gasteiger partial charge in [0.15, 0.2) is 5.65 Å². The summed E-state index contributed by atoms with van der Waals surface area (Å²) in [4.78, 5) is 14.8. The van der Waals surface area contributed by atoms with Crippen molar-refractivity contribution < 1.29 is 18.0 Å². The lowest BCUT2D eigenvalue weighted by molar-refractivity contribution is -0.146. The Bertz CT molecular complexity index is 1060. The Morgan fingerprint density at radius 2 is 1.84 bits per heavy atom. The van der Waals surface area contributed by atoms with E-state index in [-0.39, 0.29) is 23.5 Å². The number of alkyl halides is 3. The van der Waals surface area contributed by atoms with Crippen molar-refractivity contribution >= 4 is 17.4 Å². The van der Waals surface area contributed by atoms with Gasteiger partial charge in [-0.2, -0.15) is 17.7 Å². The molecule has 1 fully saturated rings. The van der Waals surface area contributed by atoms with Crippen LogP contribution in [0.15, 0.2) is 42.5 Å². The largest absolute Gasteiger partial charge is 0.453 e. The molecule has 0 radical (unpaired) electrons. The van der Waals surface area contributed by atoms with Crippen molar-refractivity contribution in [2.45, 2.75) is 44.8 Å². The minimum Gasteiger partial charge on any atom is -0.355 e. The lowest BCUT2D eigenvalue weighted by Gasteiger charge is -2.33. The van der Waals surface area contributed by atoms with Gasteiger partial charge in [0.05, 0.1) is 6.04 Å². The Kier molecular flexibility index (Phi) is 6.29. The molecule has 170 valence electrons. The summed E-state index contributed by atoms with van der Waals surface area (Å²) < 4.78 is 40.1. The number of nitrogens with one attached hydrogen (secondary N) is 1. The number of anilines is 1. The number of piperidine rings is 1. The summed E-state index contributed by atoms with van der Waals surface area (Å²) in [6, 6.07) is 13.0. The Hall–Kier alpha value is -3.17. The summed E-state index contributed by atoms with van der Waals surface area (Å²) in [7, 11) is 0. The van der Waals surface area contributed by atoms with E-state index in [2.05, 4.69) is 27.5 Å². The first-order valence-corrected chi connectivity index (χ1v) is 10.8. The molecule has 0 aliphatic carbocycles. The third kappa shape index (κ3) is 4.68. The molecule has 3 aromatic rings. The van der Waals surface area contributed by atoms with E-state index in [9.17, 15) is 18.0 Å². The van der Waals surface area contributed by atoms with Crippen molar-refractivity contribution in [3.63, 3.8) is 0 Å². The maximum atomic E-state index is 13.1. The fraction of sp³-hybridized carbons (Fsp3) is 0.455. The lowest BCUT2D eigenvalue weighted by atomic mass is 9.94. The van der Waals surface area contributed by atoms with E-state index < -0.39 is 12.0 Å². The monoisotopic (exact) mass is 446 g/mol. The quantitative estimate of drug-likeness (QED) is 0.619. The first-order valence-electron chi connectivity index (χ1n) is 10.8. The van der Waals surface area contributed by atoms with Crippen molar-refractivity contribution in [3.8, 4) is 0 Å². The summed E-state index contributed by atoms with van der Waals surface area (Å²) >= 11 is 0. The van der Waals surface area contributed by atoms with Gasteiger partial charge in [-0.1, -0.05) is 43.7 Å². The number of carbonyl (C=O) groups is 1. The molecule has 0 bridgehead atoms. The molecule has 4 rings (SSSR count). The molecule has 2 aromatic heterocycles. The van der Waals surface area contributed by atoms with Crippen molar-refractivity contribution in [1.82, 2.24) is 25.1 Å². The van der Waals surface area contributed by atoms with Gasteiger partial charge >= 0.3 is 6.18 Å². The van der Waals surface area contributed by atoms with Gasteiger partial charge in [-0.25, -0.2) is 0 Å². The van der Waals surface area contributed by atoms with Crippen LogP contribution >= 0.6 is 0 Å². The van der Waals surface area contributed by atoms with Crippen molar-refractivity contribution in [2.24, 2.45) is 5.92 Å². The molecule has 1 N–H and O–H groups in total. The number of benzene rings is 1. The fourth-order valence-electron chi connectivity index (χ4n) is 4.08. The maximum absolute atomic E-state index is 13.1. The van der Waals surface area contributed by atoms with E-state index in [1.165, 1.54) is 6.07 Å². The zero-order chi connectivity index (χ0) is 22.7. The molecule has 1 aliphatic rings. The molecule has 32 heavy (non-hydrogen) atoms. The van der Waals surface area contributed by atoms with Crippen LogP contribution in [0.2, 0.25) is 0 Å². The number of rotatable bonds is 6. The second-order valence-electron chi connectivity index (χ2n) is 8.00. The number of carbonyl (C=O) groups excluding carboxylic acids is 1. The summed E-state index contributed by atoms with van der Waals surface area (Å²) in [5.41, 5.74) is 1.13. The highest BCUT2D eigenvalue weighted by molar-refractivity contribution is 5.79. The number of fused-ring (bicyclic) bond motifs is 1. The Morgan fingerprint density at radius 3 is 2.50 bits per heavy atom. The summed E-state index contributed by atoms with van der Waals surface area (Å²) in [5, 5.41) is 14.0. The highest BCUT2D eigenvalue weighted by Crippen LogP contribution is 2.29. The van der Waals surface area contributed by atoms with Crippen molar-refractivity contribution in [1.29, 1.82) is 0 Å². The molecule has 3 heterocycles. The molecule has 10 heteroatoms. The molecule has 0 spiro atoms. The molecule has 0 unspecified atom stereocenters. The third-order valence-electron chi connectivity index (χ3n) is 5.79. The number of aromatic nitrogens is 4. The third-order valence-corrected chi connectivity index (χ3v) is 5.79. The van der Waals surface area contributed by atoms with E-state index in [0.717, 1.165) is 22.9 Å². The molecule has 1 aliphatic heterocycles. The number of halogens is 3. The molecular formula is C22H25F3N6O. The molecule has 1 atom stereocenters. The molecule has 1 aromatic carbocycles. The van der Waals surface area contributed by atoms with Crippen LogP contribution in [0.1, 0.15) is 50.0 Å². The topological polar surface area (TPSA) is 75.4 Å². The molecule has 1 saturated heterocycles. The molecule has 1 amide bonds. The minimum atomic E-state index is -4.64. The summed E-state index contributed by atoms with van der Waals surface area (Å²) in [6.45, 7) is 3.15. The van der Waals surface area contributed by atoms with Crippen LogP contribution in [0.5, 0.6) is 0 Å². The normalized spacial score (nSPS) is 16.3. The van der Waals surface area contributed by atoms with Gasteiger partial charge < -0.3 is 10.2 Å². The zero-order valence-electron chi connectivity index (χ0n) is 17.7. The zero-order valence-corrected chi connectivity index (χ0v) is 17.7. The van der Waals surface area contributed by atoms with E-state index in [1.807, 2.05) is 35.2 Å². The second kappa shape index (κ2) is 9.13. The van der Waals surface area contributed by atoms with Gasteiger partial charge in [-0.3, -0.25) is 4.79 Å². The minimum absolute atomic E-state index is 0.0218. The number of hydrogen-bond donors (Lipinski definition) is 1. The lowest BCUT2D eigenvalue weighted by Crippen LogP contribution is -2.42. The van der Waals surface area contributed by atoms with Crippen LogP contribution < -0.4 is 10.2 Å². The predicted molar refractivity (Wildman–Crippen MR) is 113 cm³/mol. The van der Waals surface area contributed by atoms with Gasteiger partial charge in [-0.15, -0.1) is 15.3 Å². The van der Waals surface area contributed by atoms with Crippen LogP contribution in [-0.4, -0.2) is 38.8 Å². The van der Waals surface area contributed by atoms with E-state index in [0.29, 0.717) is 31.7 Å². The average molecular weight is 446 g/mol. The second-order valence-corrected chi connectivity index (χ2v) is 8.00. The van der Waals surface area contributed by atoms with Crippen molar-refractivity contribution in [2.75, 3.05) is 18.0 Å². The van der Waals surface area contributed by atoms with Crippen LogP contribution in [0.3, 0.4) is 0 Å². The maximum Gasteiger partial charge on any atom is 0.453 e. The first kappa shape index (κ1) is 22.0. The number of hydrogen-bond acceptors (Lipinski definition) is 5. The Labute approximate surface area is 183 Å². The van der Waals surface area contributed by atoms with Gasteiger partial charge in [-0.05, 0) is 37.0 Å². The molecule has 7 nitrogen and oxygen atoms in total. The SMILES string of the molecule is CCC[C@H](NC(=O)C1CCN(c2ccc3nnc(C(F)(F)F)n3n2)CC1)c1ccccc1. The first-order chi connectivity index (χ1) is 15.4. The van der Waals surface area contributed by atoms with Gasteiger partial charge in [0, 0.05) is 19.0 Å². The van der Waals surface area contributed by atoms with Crippen LogP contribution in [0, 0.1) is 5.92 Å². The number of nitrogens with zero attached hydrogens (tertiary/aromatic N) is 5. The Balaban J connectivity index is 1.41. The highest BCUT2D eigenvalue weighted by atomic mass is 19.4. The van der Waals surface area contributed by atoms with Crippen LogP contribution in [0.25, 0.3) is 5.65 Å². The summed E-state index contributed by atoms with van der Waals surface area (Å²) in [5.74, 6) is -0.853. The Morgan fingerprint density at radius 1 is 1.12 bits per heavy atom. The van der Waals surface area contributed by atoms with Gasteiger partial charge in [0.2, 0.25) is 5.91 Å². The van der Waals surface area contributed by atoms with E-state index in [1.54, 1.807) is 6.07 Å². The molecule has 0 saturated carbocycles. The predicted octanol–water partition coefficient (Wildman–Crippen LogP) is 4.02. The number of amides is 1. The van der Waals surface area contributed by atoms with Crippen LogP contribution in [0.4, 0.5) is 19.0 Å². The van der Waals surface area contributed by atoms with Gasteiger partial charge in [0.1, 0.15) is 5.82 Å². The van der Waals surface area contributed by atoms with Crippen molar-refractivity contribution in [3.05, 3.63) is 53.9 Å². The summed E-state index contributed by atoms with van der Waals surface area (Å²) in [6.07, 6.45) is -1.61. The van der Waals surface area contributed by atoms with E-state index in [4.69, 9.17) is 0 Å². The standard InChI is InChI=1S/C22H25F3N6O/c1-2-6-17(15-7-4-3-5-8-15)26-20(32)16-11-13-30(14-12-16)19-10-9-18-27-28-21(22(23,24)25)31(18)29-19/h3-5,7-10,16-17H,2,6,11-14H2,1H3,(H,26,32)/t17-/m0/s1. The van der Waals surface area contributed by atoms with Crippen LogP contribution in [-0.2, 0) is 11.0 Å². The van der Waals surface area contributed by atoms with E-state index >= 15 is 0 Å². The highest BCUT2D eigenvalue weighted by Gasteiger charge is 2.38. The smallest absolute Gasteiger partial charge is 0.355 e. The average Bonchev–Trinajstić information content (AvgIpc) is 3.23. The fourth-order valence-corrected chi connectivity index (χ4v) is 4.08. The molecular weight excluding hydrogens is 421 g/mol. The van der Waals surface area contributed by atoms with Gasteiger partial charge in [0.25, 0.3) is 5.82 Å².